The molecule has 20 aromatic rings. The van der Waals surface area contributed by atoms with Crippen LogP contribution in [0.1, 0.15) is 22.3 Å². The molecule has 0 spiro atoms. The van der Waals surface area contributed by atoms with Gasteiger partial charge in [-0.15, -0.1) is 0 Å². The Bertz CT molecular complexity index is 6260. The van der Waals surface area contributed by atoms with Crippen LogP contribution in [0.3, 0.4) is 0 Å². The van der Waals surface area contributed by atoms with Crippen LogP contribution >= 0.6 is 0 Å². The molecule has 0 N–H and O–H groups in total. The van der Waals surface area contributed by atoms with Gasteiger partial charge in [0, 0.05) is 65.8 Å². The maximum atomic E-state index is 2.42. The maximum absolute atomic E-state index is 2.42. The fourth-order valence-corrected chi connectivity index (χ4v) is 16.1. The minimum absolute atomic E-state index is 1.16. The van der Waals surface area contributed by atoms with Crippen LogP contribution in [0.5, 0.6) is 0 Å². The highest BCUT2D eigenvalue weighted by Gasteiger charge is 2.21. The first-order chi connectivity index (χ1) is 51.2. The van der Waals surface area contributed by atoms with Crippen LogP contribution in [0.25, 0.3) is 177 Å². The SMILES string of the molecule is Cc1ccc2c(c1)c1cc(-c3ccc4c(c3)c3cc(C)ccc3n4-c3ccc(-c4ccccc4)cc3)ccc1n2-c1ccc(-c2ccccc2)cc1.Cc1ccc2c3cc(-c4ccc5c(c4)c4ccc(C)cc4n5-c4ccc(-c5ccccc5)cc4)ccc3n(-c3ccc(-c4ccccc4)cc3)c2c1. The Labute approximate surface area is 605 Å². The summed E-state index contributed by atoms with van der Waals surface area (Å²) in [6.07, 6.45) is 0. The minimum atomic E-state index is 1.16. The largest absolute Gasteiger partial charge is 0.309 e. The first kappa shape index (κ1) is 61.8. The number of fused-ring (bicyclic) bond motifs is 12. The van der Waals surface area contributed by atoms with Crippen molar-refractivity contribution in [2.75, 3.05) is 0 Å². The van der Waals surface area contributed by atoms with E-state index in [-0.39, 0.29) is 0 Å². The number of aromatic nitrogens is 4. The molecule has 0 fully saturated rings. The summed E-state index contributed by atoms with van der Waals surface area (Å²) in [5, 5.41) is 10.1. The Hall–Kier alpha value is -13.3. The third-order valence-corrected chi connectivity index (χ3v) is 21.3. The predicted octanol–water partition coefficient (Wildman–Crippen LogP) is 27.0. The van der Waals surface area contributed by atoms with Gasteiger partial charge in [0.25, 0.3) is 0 Å². The molecule has 16 aromatic carbocycles. The monoisotopic (exact) mass is 1330 g/mol. The first-order valence-electron chi connectivity index (χ1n) is 36.0. The smallest absolute Gasteiger partial charge is 0.0543 e. The molecule has 4 heteroatoms. The second-order valence-electron chi connectivity index (χ2n) is 28.0. The molecular weight excluding hydrogens is 1260 g/mol. The Morgan fingerprint density at radius 1 is 0.135 bits per heavy atom. The molecule has 0 aliphatic carbocycles. The zero-order valence-corrected chi connectivity index (χ0v) is 58.4. The van der Waals surface area contributed by atoms with Crippen LogP contribution in [0, 0.1) is 27.7 Å². The molecule has 0 saturated carbocycles. The van der Waals surface area contributed by atoms with Gasteiger partial charge in [-0.2, -0.15) is 0 Å². The fraction of sp³-hybridized carbons (Fsp3) is 0.0400. The lowest BCUT2D eigenvalue weighted by Crippen LogP contribution is -1.94. The van der Waals surface area contributed by atoms with Crippen molar-refractivity contribution in [3.8, 4) is 89.5 Å². The van der Waals surface area contributed by atoms with Crippen molar-refractivity contribution in [1.29, 1.82) is 0 Å². The summed E-state index contributed by atoms with van der Waals surface area (Å²) in [7, 11) is 0. The highest BCUT2D eigenvalue weighted by atomic mass is 15.0. The van der Waals surface area contributed by atoms with Crippen LogP contribution in [-0.4, -0.2) is 18.3 Å². The van der Waals surface area contributed by atoms with Crippen molar-refractivity contribution < 1.29 is 0 Å². The number of nitrogens with zero attached hydrogens (tertiary/aromatic N) is 4. The number of rotatable bonds is 10. The lowest BCUT2D eigenvalue weighted by Gasteiger charge is -2.11. The Kier molecular flexibility index (Phi) is 15.1. The van der Waals surface area contributed by atoms with Crippen LogP contribution in [0.2, 0.25) is 0 Å². The molecule has 0 atom stereocenters. The zero-order valence-electron chi connectivity index (χ0n) is 58.4. The van der Waals surface area contributed by atoms with E-state index in [0.29, 0.717) is 0 Å². The average molecular weight is 1330 g/mol. The van der Waals surface area contributed by atoms with Gasteiger partial charge in [-0.05, 0) is 239 Å². The van der Waals surface area contributed by atoms with E-state index in [1.54, 1.807) is 0 Å². The number of hydrogen-bond donors (Lipinski definition) is 0. The molecule has 104 heavy (non-hydrogen) atoms. The van der Waals surface area contributed by atoms with Crippen LogP contribution < -0.4 is 0 Å². The normalized spacial score (nSPS) is 11.7. The van der Waals surface area contributed by atoms with Gasteiger partial charge in [0.15, 0.2) is 0 Å². The lowest BCUT2D eigenvalue weighted by atomic mass is 10.00. The van der Waals surface area contributed by atoms with Gasteiger partial charge >= 0.3 is 0 Å². The van der Waals surface area contributed by atoms with Crippen molar-refractivity contribution in [2.24, 2.45) is 0 Å². The minimum Gasteiger partial charge on any atom is -0.309 e. The number of hydrogen-bond acceptors (Lipinski definition) is 0. The molecule has 0 aliphatic rings. The van der Waals surface area contributed by atoms with Crippen molar-refractivity contribution in [3.05, 3.63) is 386 Å². The summed E-state index contributed by atoms with van der Waals surface area (Å²) >= 11 is 0. The first-order valence-corrected chi connectivity index (χ1v) is 36.0. The van der Waals surface area contributed by atoms with Gasteiger partial charge in [0.1, 0.15) is 0 Å². The van der Waals surface area contributed by atoms with E-state index in [2.05, 4.69) is 410 Å². The second-order valence-corrected chi connectivity index (χ2v) is 28.0. The van der Waals surface area contributed by atoms with Crippen LogP contribution in [-0.2, 0) is 0 Å². The highest BCUT2D eigenvalue weighted by molar-refractivity contribution is 6.15. The Balaban J connectivity index is 0.000000143. The van der Waals surface area contributed by atoms with E-state index in [9.17, 15) is 0 Å². The topological polar surface area (TPSA) is 19.7 Å². The van der Waals surface area contributed by atoms with Gasteiger partial charge in [-0.25, -0.2) is 0 Å². The molecule has 4 heterocycles. The molecule has 4 aromatic heterocycles. The quantitative estimate of drug-likeness (QED) is 0.130. The van der Waals surface area contributed by atoms with Crippen molar-refractivity contribution in [3.63, 3.8) is 0 Å². The zero-order chi connectivity index (χ0) is 69.5. The molecule has 0 radical (unpaired) electrons. The van der Waals surface area contributed by atoms with E-state index < -0.39 is 0 Å². The van der Waals surface area contributed by atoms with Crippen LogP contribution in [0.4, 0.5) is 0 Å². The predicted molar refractivity (Wildman–Crippen MR) is 442 cm³/mol. The molecule has 492 valence electrons. The molecular formula is C100H72N4. The lowest BCUT2D eigenvalue weighted by molar-refractivity contribution is 1.18. The fourth-order valence-electron chi connectivity index (χ4n) is 16.1. The maximum Gasteiger partial charge on any atom is 0.0543 e. The van der Waals surface area contributed by atoms with E-state index in [4.69, 9.17) is 0 Å². The van der Waals surface area contributed by atoms with Gasteiger partial charge in [0.2, 0.25) is 0 Å². The molecule has 0 aliphatic heterocycles. The third-order valence-electron chi connectivity index (χ3n) is 21.3. The van der Waals surface area contributed by atoms with Gasteiger partial charge in [0.05, 0.1) is 44.1 Å². The molecule has 0 saturated heterocycles. The van der Waals surface area contributed by atoms with E-state index >= 15 is 0 Å². The molecule has 20 rings (SSSR count). The van der Waals surface area contributed by atoms with Crippen molar-refractivity contribution >= 4 is 87.2 Å². The number of aryl methyl sites for hydroxylation is 4. The summed E-state index contributed by atoms with van der Waals surface area (Å²) in [6, 6.07) is 133. The molecule has 0 unspecified atom stereocenters. The molecule has 0 bridgehead atoms. The Morgan fingerprint density at radius 2 is 0.327 bits per heavy atom. The van der Waals surface area contributed by atoms with Gasteiger partial charge in [-0.1, -0.05) is 242 Å². The standard InChI is InChI=1S/2C50H36N2/c1-33-13-25-47-43(29-33)45-31-39(19-27-49(45)51(47)41-21-15-37(16-22-41)35-9-5-3-6-10-35)40-20-28-50-46(32-40)44-30-34(2)14-26-48(44)52(50)42-23-17-38(18-24-42)36-11-7-4-8-12-36;1-33-13-25-43-45-31-39(19-27-47(45)51(49(43)29-33)41-21-15-37(16-22-41)35-9-5-3-6-10-35)40-20-28-48-46(32-40)44-26-14-34(2)30-50(44)52(48)42-23-17-38(18-24-42)36-11-7-4-8-12-36/h2*3-32H,1-2H3. The van der Waals surface area contributed by atoms with Gasteiger partial charge < -0.3 is 18.3 Å². The van der Waals surface area contributed by atoms with Gasteiger partial charge in [-0.3, -0.25) is 0 Å². The van der Waals surface area contributed by atoms with E-state index in [1.807, 2.05) is 0 Å². The Morgan fingerprint density at radius 3 is 0.596 bits per heavy atom. The third kappa shape index (κ3) is 10.9. The number of benzene rings is 16. The van der Waals surface area contributed by atoms with E-state index in [0.717, 1.165) is 11.4 Å². The second kappa shape index (κ2) is 25.4. The summed E-state index contributed by atoms with van der Waals surface area (Å²) in [5.74, 6) is 0. The highest BCUT2D eigenvalue weighted by Crippen LogP contribution is 2.43. The average Bonchev–Trinajstić information content (AvgIpc) is 1.59. The van der Waals surface area contributed by atoms with Crippen molar-refractivity contribution in [2.45, 2.75) is 27.7 Å². The summed E-state index contributed by atoms with van der Waals surface area (Å²) in [5.41, 5.74) is 34.1. The molecule has 4 nitrogen and oxygen atoms in total. The van der Waals surface area contributed by atoms with E-state index in [1.165, 1.54) is 188 Å². The molecule has 0 amide bonds. The summed E-state index contributed by atoms with van der Waals surface area (Å²) in [6.45, 7) is 8.72. The van der Waals surface area contributed by atoms with Crippen molar-refractivity contribution in [1.82, 2.24) is 18.3 Å². The summed E-state index contributed by atoms with van der Waals surface area (Å²) < 4.78 is 9.65. The summed E-state index contributed by atoms with van der Waals surface area (Å²) in [4.78, 5) is 0. The van der Waals surface area contributed by atoms with Crippen LogP contribution in [0.15, 0.2) is 364 Å².